The summed E-state index contributed by atoms with van der Waals surface area (Å²) in [5, 5.41) is 2.89. The third kappa shape index (κ3) is 2.50. The Morgan fingerprint density at radius 1 is 1.50 bits per heavy atom. The van der Waals surface area contributed by atoms with E-state index in [9.17, 15) is 4.79 Å². The standard InChI is InChI=1S/C16H23N3O/c1-6-17-16(20)14-9-12-7-8-13(18(3)4)10-15(12)19(5)11(14)2/h7-8,10,14H,2,6,9H2,1,3-5H3,(H,17,20). The molecule has 1 heterocycles. The second kappa shape index (κ2) is 5.57. The molecule has 0 aromatic heterocycles. The lowest BCUT2D eigenvalue weighted by Gasteiger charge is -2.35. The molecule has 0 aliphatic carbocycles. The van der Waals surface area contributed by atoms with Crippen molar-refractivity contribution in [3.05, 3.63) is 36.0 Å². The molecule has 0 saturated carbocycles. The largest absolute Gasteiger partial charge is 0.378 e. The highest BCUT2D eigenvalue weighted by Gasteiger charge is 2.31. The molecule has 0 saturated heterocycles. The van der Waals surface area contributed by atoms with Gasteiger partial charge in [-0.3, -0.25) is 4.79 Å². The van der Waals surface area contributed by atoms with Crippen LogP contribution in [0, 0.1) is 5.92 Å². The van der Waals surface area contributed by atoms with Crippen molar-refractivity contribution in [3.8, 4) is 0 Å². The van der Waals surface area contributed by atoms with Gasteiger partial charge in [-0.05, 0) is 31.0 Å². The minimum absolute atomic E-state index is 0.0617. The minimum Gasteiger partial charge on any atom is -0.378 e. The van der Waals surface area contributed by atoms with E-state index in [0.717, 1.165) is 23.5 Å². The number of benzene rings is 1. The minimum atomic E-state index is -0.169. The number of carbonyl (C=O) groups is 1. The summed E-state index contributed by atoms with van der Waals surface area (Å²) in [6, 6.07) is 6.35. The second-order valence-electron chi connectivity index (χ2n) is 5.41. The fourth-order valence-corrected chi connectivity index (χ4v) is 2.58. The Bertz CT molecular complexity index is 537. The number of hydrogen-bond donors (Lipinski definition) is 1. The monoisotopic (exact) mass is 273 g/mol. The Hall–Kier alpha value is -1.97. The van der Waals surface area contributed by atoms with Crippen LogP contribution >= 0.6 is 0 Å². The predicted octanol–water partition coefficient (Wildman–Crippen LogP) is 2.01. The van der Waals surface area contributed by atoms with Crippen molar-refractivity contribution in [2.24, 2.45) is 5.92 Å². The summed E-state index contributed by atoms with van der Waals surface area (Å²) >= 11 is 0. The average Bonchev–Trinajstić information content (AvgIpc) is 2.42. The molecule has 4 heteroatoms. The van der Waals surface area contributed by atoms with Crippen LogP contribution in [0.2, 0.25) is 0 Å². The van der Waals surface area contributed by atoms with Gasteiger partial charge in [0.25, 0.3) is 0 Å². The van der Waals surface area contributed by atoms with Gasteiger partial charge in [0.15, 0.2) is 0 Å². The van der Waals surface area contributed by atoms with E-state index in [4.69, 9.17) is 0 Å². The van der Waals surface area contributed by atoms with Crippen LogP contribution < -0.4 is 15.1 Å². The van der Waals surface area contributed by atoms with Crippen molar-refractivity contribution in [2.75, 3.05) is 37.5 Å². The van der Waals surface area contributed by atoms with E-state index < -0.39 is 0 Å². The SMILES string of the molecule is C=C1C(C(=O)NCC)Cc2ccc(N(C)C)cc2N1C. The first-order chi connectivity index (χ1) is 9.45. The van der Waals surface area contributed by atoms with Crippen LogP contribution in [0.25, 0.3) is 0 Å². The third-order valence-corrected chi connectivity index (χ3v) is 3.87. The molecule has 1 aliphatic rings. The summed E-state index contributed by atoms with van der Waals surface area (Å²) in [6.07, 6.45) is 0.720. The normalized spacial score (nSPS) is 17.7. The Morgan fingerprint density at radius 2 is 2.20 bits per heavy atom. The molecule has 1 unspecified atom stereocenters. The van der Waals surface area contributed by atoms with Gasteiger partial charge in [-0.1, -0.05) is 12.6 Å². The summed E-state index contributed by atoms with van der Waals surface area (Å²) in [5.41, 5.74) is 4.35. The van der Waals surface area contributed by atoms with E-state index >= 15 is 0 Å². The molecular weight excluding hydrogens is 250 g/mol. The number of rotatable bonds is 3. The van der Waals surface area contributed by atoms with Crippen LogP contribution in [0.15, 0.2) is 30.5 Å². The zero-order chi connectivity index (χ0) is 14.9. The van der Waals surface area contributed by atoms with Gasteiger partial charge >= 0.3 is 0 Å². The second-order valence-corrected chi connectivity index (χ2v) is 5.41. The lowest BCUT2D eigenvalue weighted by atomic mass is 9.89. The van der Waals surface area contributed by atoms with Crippen molar-refractivity contribution >= 4 is 17.3 Å². The van der Waals surface area contributed by atoms with Gasteiger partial charge in [0.1, 0.15) is 0 Å². The Balaban J connectivity index is 2.35. The molecular formula is C16H23N3O. The van der Waals surface area contributed by atoms with Gasteiger partial charge in [-0.2, -0.15) is 0 Å². The molecule has 2 rings (SSSR count). The van der Waals surface area contributed by atoms with Crippen molar-refractivity contribution < 1.29 is 4.79 Å². The van der Waals surface area contributed by atoms with E-state index in [1.165, 1.54) is 5.56 Å². The van der Waals surface area contributed by atoms with Crippen molar-refractivity contribution in [2.45, 2.75) is 13.3 Å². The predicted molar refractivity (Wildman–Crippen MR) is 84.2 cm³/mol. The summed E-state index contributed by atoms with van der Waals surface area (Å²) < 4.78 is 0. The molecule has 1 N–H and O–H groups in total. The zero-order valence-electron chi connectivity index (χ0n) is 12.7. The topological polar surface area (TPSA) is 35.6 Å². The average molecular weight is 273 g/mol. The fraction of sp³-hybridized carbons (Fsp3) is 0.438. The summed E-state index contributed by atoms with van der Waals surface area (Å²) in [4.78, 5) is 16.2. The molecule has 0 radical (unpaired) electrons. The van der Waals surface area contributed by atoms with E-state index in [-0.39, 0.29) is 11.8 Å². The fourth-order valence-electron chi connectivity index (χ4n) is 2.58. The van der Waals surface area contributed by atoms with Crippen molar-refractivity contribution in [1.82, 2.24) is 5.32 Å². The van der Waals surface area contributed by atoms with Gasteiger partial charge < -0.3 is 15.1 Å². The molecule has 1 atom stereocenters. The zero-order valence-corrected chi connectivity index (χ0v) is 12.7. The maximum absolute atomic E-state index is 12.1. The van der Waals surface area contributed by atoms with Gasteiger partial charge in [0.2, 0.25) is 5.91 Å². The number of anilines is 2. The van der Waals surface area contributed by atoms with Crippen molar-refractivity contribution in [1.29, 1.82) is 0 Å². The first-order valence-electron chi connectivity index (χ1n) is 6.96. The Labute approximate surface area is 121 Å². The third-order valence-electron chi connectivity index (χ3n) is 3.87. The molecule has 1 aromatic rings. The smallest absolute Gasteiger partial charge is 0.229 e. The molecule has 108 valence electrons. The van der Waals surface area contributed by atoms with E-state index in [1.807, 2.05) is 33.0 Å². The van der Waals surface area contributed by atoms with Crippen molar-refractivity contribution in [3.63, 3.8) is 0 Å². The quantitative estimate of drug-likeness (QED) is 0.915. The molecule has 1 aromatic carbocycles. The number of amides is 1. The van der Waals surface area contributed by atoms with E-state index in [0.29, 0.717) is 6.54 Å². The van der Waals surface area contributed by atoms with E-state index in [1.54, 1.807) is 0 Å². The van der Waals surface area contributed by atoms with Gasteiger partial charge in [0.05, 0.1) is 5.92 Å². The molecule has 4 nitrogen and oxygen atoms in total. The number of fused-ring (bicyclic) bond motifs is 1. The summed E-state index contributed by atoms with van der Waals surface area (Å²) in [5.74, 6) is -0.107. The van der Waals surface area contributed by atoms with Crippen LogP contribution in [0.3, 0.4) is 0 Å². The lowest BCUT2D eigenvalue weighted by molar-refractivity contribution is -0.123. The molecule has 0 fully saturated rings. The molecule has 0 bridgehead atoms. The van der Waals surface area contributed by atoms with Crippen LogP contribution in [-0.2, 0) is 11.2 Å². The Morgan fingerprint density at radius 3 is 2.80 bits per heavy atom. The van der Waals surface area contributed by atoms with Crippen LogP contribution in [0.4, 0.5) is 11.4 Å². The van der Waals surface area contributed by atoms with E-state index in [2.05, 4.69) is 35.0 Å². The molecule has 0 spiro atoms. The first kappa shape index (κ1) is 14.4. The highest BCUT2D eigenvalue weighted by molar-refractivity contribution is 5.85. The van der Waals surface area contributed by atoms with Crippen LogP contribution in [0.5, 0.6) is 0 Å². The maximum atomic E-state index is 12.1. The van der Waals surface area contributed by atoms with Gasteiger partial charge in [0, 0.05) is 44.8 Å². The summed E-state index contributed by atoms with van der Waals surface area (Å²) in [7, 11) is 6.03. The van der Waals surface area contributed by atoms with Gasteiger partial charge in [-0.15, -0.1) is 0 Å². The number of nitrogens with zero attached hydrogens (tertiary/aromatic N) is 2. The highest BCUT2D eigenvalue weighted by atomic mass is 16.1. The molecule has 20 heavy (non-hydrogen) atoms. The number of carbonyl (C=O) groups excluding carboxylic acids is 1. The van der Waals surface area contributed by atoms with Crippen LogP contribution in [-0.4, -0.2) is 33.6 Å². The number of nitrogens with one attached hydrogen (secondary N) is 1. The summed E-state index contributed by atoms with van der Waals surface area (Å²) in [6.45, 7) is 6.69. The Kier molecular flexibility index (Phi) is 4.02. The first-order valence-corrected chi connectivity index (χ1v) is 6.96. The molecule has 1 aliphatic heterocycles. The number of hydrogen-bond acceptors (Lipinski definition) is 3. The van der Waals surface area contributed by atoms with Crippen LogP contribution in [0.1, 0.15) is 12.5 Å². The lowest BCUT2D eigenvalue weighted by Crippen LogP contribution is -2.40. The molecule has 1 amide bonds. The van der Waals surface area contributed by atoms with Gasteiger partial charge in [-0.25, -0.2) is 0 Å². The highest BCUT2D eigenvalue weighted by Crippen LogP contribution is 2.36. The maximum Gasteiger partial charge on any atom is 0.229 e.